The highest BCUT2D eigenvalue weighted by molar-refractivity contribution is 5.36. The van der Waals surface area contributed by atoms with Crippen molar-refractivity contribution in [1.29, 1.82) is 5.26 Å². The minimum absolute atomic E-state index is 0.133. The summed E-state index contributed by atoms with van der Waals surface area (Å²) in [5, 5.41) is 16.1. The summed E-state index contributed by atoms with van der Waals surface area (Å²) in [5.41, 5.74) is 0.599. The molecule has 2 atom stereocenters. The lowest BCUT2D eigenvalue weighted by molar-refractivity contribution is 0.105. The average molecular weight is 327 g/mol. The topological polar surface area (TPSA) is 87.1 Å². The Bertz CT molecular complexity index is 724. The number of nitriles is 1. The fourth-order valence-electron chi connectivity index (χ4n) is 2.99. The number of rotatable bonds is 6. The zero-order valence-corrected chi connectivity index (χ0v) is 13.9. The maximum Gasteiger partial charge on any atom is 0.167 e. The lowest BCUT2D eigenvalue weighted by atomic mass is 10.2. The lowest BCUT2D eigenvalue weighted by Gasteiger charge is -2.21. The van der Waals surface area contributed by atoms with E-state index in [0.717, 1.165) is 31.2 Å². The Morgan fingerprint density at radius 2 is 2.33 bits per heavy atom. The second kappa shape index (κ2) is 7.43. The van der Waals surface area contributed by atoms with Crippen molar-refractivity contribution in [2.45, 2.75) is 25.5 Å². The van der Waals surface area contributed by atoms with Crippen molar-refractivity contribution in [2.75, 3.05) is 26.8 Å². The quantitative estimate of drug-likeness (QED) is 0.871. The number of aromatic amines is 1. The third-order valence-corrected chi connectivity index (χ3v) is 4.22. The summed E-state index contributed by atoms with van der Waals surface area (Å²) >= 11 is 0. The molecule has 2 aromatic rings. The average Bonchev–Trinajstić information content (AvgIpc) is 3.21. The van der Waals surface area contributed by atoms with Gasteiger partial charge < -0.3 is 9.47 Å². The number of likely N-dealkylation sites (tertiary alicyclic amines) is 1. The molecule has 1 fully saturated rings. The second-order valence-corrected chi connectivity index (χ2v) is 5.87. The summed E-state index contributed by atoms with van der Waals surface area (Å²) in [6, 6.07) is 9.44. The SMILES string of the molecule is CO[C@@H]1C[C@@H](c2n[nH]c(C)n2)N(CCOc2cccc(C#N)c2)C1. The molecule has 2 heterocycles. The van der Waals surface area contributed by atoms with Crippen molar-refractivity contribution < 1.29 is 9.47 Å². The molecular formula is C17H21N5O2. The molecule has 1 aromatic heterocycles. The number of hydrogen-bond donors (Lipinski definition) is 1. The first kappa shape index (κ1) is 16.4. The molecule has 1 aliphatic heterocycles. The van der Waals surface area contributed by atoms with Gasteiger partial charge in [-0.3, -0.25) is 10.00 Å². The van der Waals surface area contributed by atoms with E-state index in [1.165, 1.54) is 0 Å². The maximum absolute atomic E-state index is 8.93. The van der Waals surface area contributed by atoms with Gasteiger partial charge in [-0.25, -0.2) is 4.98 Å². The van der Waals surface area contributed by atoms with Gasteiger partial charge in [-0.05, 0) is 31.5 Å². The van der Waals surface area contributed by atoms with Crippen LogP contribution < -0.4 is 4.74 Å². The van der Waals surface area contributed by atoms with Crippen LogP contribution >= 0.6 is 0 Å². The van der Waals surface area contributed by atoms with E-state index in [-0.39, 0.29) is 12.1 Å². The fourth-order valence-corrected chi connectivity index (χ4v) is 2.99. The van der Waals surface area contributed by atoms with Crippen molar-refractivity contribution in [3.05, 3.63) is 41.5 Å². The van der Waals surface area contributed by atoms with Crippen molar-refractivity contribution in [3.63, 3.8) is 0 Å². The number of hydrogen-bond acceptors (Lipinski definition) is 6. The van der Waals surface area contributed by atoms with Crippen molar-refractivity contribution in [2.24, 2.45) is 0 Å². The summed E-state index contributed by atoms with van der Waals surface area (Å²) in [5.74, 6) is 2.33. The minimum Gasteiger partial charge on any atom is -0.492 e. The molecule has 0 bridgehead atoms. The molecule has 126 valence electrons. The minimum atomic E-state index is 0.133. The molecular weight excluding hydrogens is 306 g/mol. The van der Waals surface area contributed by atoms with E-state index >= 15 is 0 Å². The van der Waals surface area contributed by atoms with Crippen LogP contribution in [0.3, 0.4) is 0 Å². The number of H-pyrrole nitrogens is 1. The highest BCUT2D eigenvalue weighted by Crippen LogP contribution is 2.31. The normalized spacial score (nSPS) is 20.9. The van der Waals surface area contributed by atoms with Crippen LogP contribution in [0.4, 0.5) is 0 Å². The van der Waals surface area contributed by atoms with E-state index in [1.54, 1.807) is 19.2 Å². The number of benzene rings is 1. The standard InChI is InChI=1S/C17H21N5O2/c1-12-19-17(21-20-12)16-9-15(23-2)11-22(16)6-7-24-14-5-3-4-13(8-14)10-18/h3-5,8,15-16H,6-7,9,11H2,1-2H3,(H,19,20,21)/t15-,16+/m1/s1. The summed E-state index contributed by atoms with van der Waals surface area (Å²) in [4.78, 5) is 6.74. The van der Waals surface area contributed by atoms with Gasteiger partial charge in [0, 0.05) is 20.2 Å². The van der Waals surface area contributed by atoms with Crippen LogP contribution in [0.1, 0.15) is 29.7 Å². The fraction of sp³-hybridized carbons (Fsp3) is 0.471. The Balaban J connectivity index is 1.60. The first-order chi connectivity index (χ1) is 11.7. The molecule has 0 radical (unpaired) electrons. The van der Waals surface area contributed by atoms with Crippen molar-refractivity contribution in [3.8, 4) is 11.8 Å². The Kier molecular flexibility index (Phi) is 5.08. The van der Waals surface area contributed by atoms with E-state index in [0.29, 0.717) is 17.9 Å². The molecule has 0 amide bonds. The molecule has 1 saturated heterocycles. The first-order valence-corrected chi connectivity index (χ1v) is 7.98. The van der Waals surface area contributed by atoms with Gasteiger partial charge in [-0.15, -0.1) is 0 Å². The highest BCUT2D eigenvalue weighted by Gasteiger charge is 2.35. The van der Waals surface area contributed by atoms with Crippen LogP contribution in [0.2, 0.25) is 0 Å². The summed E-state index contributed by atoms with van der Waals surface area (Å²) in [7, 11) is 1.73. The van der Waals surface area contributed by atoms with Crippen LogP contribution in [0.15, 0.2) is 24.3 Å². The Labute approximate surface area is 141 Å². The molecule has 1 aromatic carbocycles. The van der Waals surface area contributed by atoms with Gasteiger partial charge >= 0.3 is 0 Å². The Hall–Kier alpha value is -2.43. The maximum atomic E-state index is 8.93. The predicted molar refractivity (Wildman–Crippen MR) is 87.5 cm³/mol. The molecule has 24 heavy (non-hydrogen) atoms. The molecule has 1 N–H and O–H groups in total. The molecule has 0 aliphatic carbocycles. The van der Waals surface area contributed by atoms with Crippen molar-refractivity contribution >= 4 is 0 Å². The molecule has 7 nitrogen and oxygen atoms in total. The predicted octanol–water partition coefficient (Wildman–Crippen LogP) is 1.83. The number of ether oxygens (including phenoxy) is 2. The molecule has 7 heteroatoms. The highest BCUT2D eigenvalue weighted by atomic mass is 16.5. The van der Waals surface area contributed by atoms with Gasteiger partial charge in [0.15, 0.2) is 5.82 Å². The van der Waals surface area contributed by atoms with E-state index in [4.69, 9.17) is 14.7 Å². The number of nitrogens with zero attached hydrogens (tertiary/aromatic N) is 4. The van der Waals surface area contributed by atoms with E-state index in [9.17, 15) is 0 Å². The number of methoxy groups -OCH3 is 1. The van der Waals surface area contributed by atoms with Gasteiger partial charge in [0.2, 0.25) is 0 Å². The van der Waals surface area contributed by atoms with Crippen LogP contribution in [-0.2, 0) is 4.74 Å². The van der Waals surface area contributed by atoms with Gasteiger partial charge in [0.25, 0.3) is 0 Å². The van der Waals surface area contributed by atoms with E-state index in [1.807, 2.05) is 19.1 Å². The van der Waals surface area contributed by atoms with Crippen molar-refractivity contribution in [1.82, 2.24) is 20.1 Å². The molecule has 0 unspecified atom stereocenters. The molecule has 1 aliphatic rings. The van der Waals surface area contributed by atoms with Crippen LogP contribution in [0.25, 0.3) is 0 Å². The monoisotopic (exact) mass is 327 g/mol. The lowest BCUT2D eigenvalue weighted by Crippen LogP contribution is -2.30. The zero-order chi connectivity index (χ0) is 16.9. The van der Waals surface area contributed by atoms with Gasteiger partial charge in [-0.1, -0.05) is 6.07 Å². The van der Waals surface area contributed by atoms with Gasteiger partial charge in [0.1, 0.15) is 18.2 Å². The first-order valence-electron chi connectivity index (χ1n) is 7.98. The third-order valence-electron chi connectivity index (χ3n) is 4.22. The third kappa shape index (κ3) is 3.72. The van der Waals surface area contributed by atoms with Gasteiger partial charge in [-0.2, -0.15) is 10.4 Å². The Morgan fingerprint density at radius 1 is 1.46 bits per heavy atom. The summed E-state index contributed by atoms with van der Waals surface area (Å²) < 4.78 is 11.3. The van der Waals surface area contributed by atoms with Crippen LogP contribution in [-0.4, -0.2) is 53.0 Å². The van der Waals surface area contributed by atoms with E-state index in [2.05, 4.69) is 26.2 Å². The van der Waals surface area contributed by atoms with Crippen LogP contribution in [0, 0.1) is 18.3 Å². The largest absolute Gasteiger partial charge is 0.492 e. The second-order valence-electron chi connectivity index (χ2n) is 5.87. The zero-order valence-electron chi connectivity index (χ0n) is 13.9. The number of aryl methyl sites for hydroxylation is 1. The molecule has 3 rings (SSSR count). The van der Waals surface area contributed by atoms with E-state index < -0.39 is 0 Å². The molecule has 0 saturated carbocycles. The number of nitrogens with one attached hydrogen (secondary N) is 1. The summed E-state index contributed by atoms with van der Waals surface area (Å²) in [6.07, 6.45) is 1.05. The Morgan fingerprint density at radius 3 is 3.04 bits per heavy atom. The van der Waals surface area contributed by atoms with Crippen LogP contribution in [0.5, 0.6) is 5.75 Å². The number of aromatic nitrogens is 3. The van der Waals surface area contributed by atoms with Gasteiger partial charge in [0.05, 0.1) is 23.8 Å². The molecule has 0 spiro atoms. The smallest absolute Gasteiger partial charge is 0.167 e. The summed E-state index contributed by atoms with van der Waals surface area (Å²) in [6.45, 7) is 4.01.